The molecule has 2 aromatic rings. The molecular formula is C20H23N3O4S3. The predicted octanol–water partition coefficient (Wildman–Crippen LogP) is 2.54. The minimum absolute atomic E-state index is 0.0831. The van der Waals surface area contributed by atoms with Crippen LogP contribution in [0.4, 0.5) is 5.69 Å². The van der Waals surface area contributed by atoms with Crippen molar-refractivity contribution in [1.29, 1.82) is 0 Å². The van der Waals surface area contributed by atoms with Crippen LogP contribution in [0.2, 0.25) is 0 Å². The van der Waals surface area contributed by atoms with Crippen molar-refractivity contribution < 1.29 is 18.0 Å². The molecule has 0 saturated carbocycles. The summed E-state index contributed by atoms with van der Waals surface area (Å²) in [6.45, 7) is 1.95. The highest BCUT2D eigenvalue weighted by Gasteiger charge is 2.31. The molecule has 160 valence electrons. The Bertz CT molecular complexity index is 1030. The summed E-state index contributed by atoms with van der Waals surface area (Å²) in [5.41, 5.74) is 1.74. The number of amides is 2. The zero-order chi connectivity index (χ0) is 21.1. The highest BCUT2D eigenvalue weighted by Crippen LogP contribution is 2.27. The van der Waals surface area contributed by atoms with Gasteiger partial charge in [-0.2, -0.15) is 16.1 Å². The number of nitrogens with one attached hydrogen (secondary N) is 1. The summed E-state index contributed by atoms with van der Waals surface area (Å²) in [4.78, 5) is 26.6. The minimum Gasteiger partial charge on any atom is -0.347 e. The molecule has 10 heteroatoms. The monoisotopic (exact) mass is 465 g/mol. The molecule has 2 fully saturated rings. The summed E-state index contributed by atoms with van der Waals surface area (Å²) < 4.78 is 27.4. The average molecular weight is 466 g/mol. The summed E-state index contributed by atoms with van der Waals surface area (Å²) >= 11 is 2.87. The molecule has 4 rings (SSSR count). The Labute approximate surface area is 184 Å². The van der Waals surface area contributed by atoms with Gasteiger partial charge in [-0.1, -0.05) is 12.1 Å². The van der Waals surface area contributed by atoms with E-state index in [0.717, 1.165) is 47.1 Å². The fourth-order valence-corrected chi connectivity index (χ4v) is 7.46. The lowest BCUT2D eigenvalue weighted by Crippen LogP contribution is -2.38. The quantitative estimate of drug-likeness (QED) is 0.709. The van der Waals surface area contributed by atoms with Crippen LogP contribution in [-0.4, -0.2) is 55.7 Å². The van der Waals surface area contributed by atoms with Crippen molar-refractivity contribution in [3.05, 3.63) is 46.2 Å². The van der Waals surface area contributed by atoms with E-state index >= 15 is 0 Å². The molecular weight excluding hydrogens is 442 g/mol. The third-order valence-corrected chi connectivity index (χ3v) is 9.12. The molecule has 2 aliphatic rings. The molecule has 0 spiro atoms. The van der Waals surface area contributed by atoms with E-state index in [4.69, 9.17) is 0 Å². The molecule has 0 radical (unpaired) electrons. The molecule has 1 aromatic carbocycles. The Balaban J connectivity index is 1.41. The lowest BCUT2D eigenvalue weighted by atomic mass is 10.2. The van der Waals surface area contributed by atoms with E-state index in [-0.39, 0.29) is 22.2 Å². The van der Waals surface area contributed by atoms with Crippen LogP contribution >= 0.6 is 23.1 Å². The van der Waals surface area contributed by atoms with Gasteiger partial charge in [0.15, 0.2) is 0 Å². The fraction of sp³-hybridized carbons (Fsp3) is 0.400. The predicted molar refractivity (Wildman–Crippen MR) is 120 cm³/mol. The maximum absolute atomic E-state index is 12.9. The van der Waals surface area contributed by atoms with E-state index < -0.39 is 15.9 Å². The van der Waals surface area contributed by atoms with Gasteiger partial charge in [0.2, 0.25) is 15.9 Å². The summed E-state index contributed by atoms with van der Waals surface area (Å²) in [6.07, 6.45) is 1.46. The number of sulfonamides is 1. The molecule has 2 saturated heterocycles. The van der Waals surface area contributed by atoms with Gasteiger partial charge in [-0.3, -0.25) is 9.59 Å². The molecule has 0 bridgehead atoms. The average Bonchev–Trinajstić information content (AvgIpc) is 3.43. The fourth-order valence-electron chi connectivity index (χ4n) is 3.57. The Kier molecular flexibility index (Phi) is 6.47. The van der Waals surface area contributed by atoms with Crippen LogP contribution < -0.4 is 10.2 Å². The number of carbonyl (C=O) groups excluding carboxylic acids is 2. The van der Waals surface area contributed by atoms with E-state index in [1.807, 2.05) is 24.3 Å². The van der Waals surface area contributed by atoms with E-state index in [1.165, 1.54) is 10.4 Å². The van der Waals surface area contributed by atoms with Crippen LogP contribution in [0.15, 0.2) is 40.6 Å². The van der Waals surface area contributed by atoms with Crippen LogP contribution in [0, 0.1) is 0 Å². The third kappa shape index (κ3) is 4.41. The highest BCUT2D eigenvalue weighted by molar-refractivity contribution is 7.99. The molecule has 3 heterocycles. The molecule has 1 N–H and O–H groups in total. The van der Waals surface area contributed by atoms with E-state index in [0.29, 0.717) is 19.5 Å². The van der Waals surface area contributed by atoms with Gasteiger partial charge in [-0.05, 0) is 35.6 Å². The van der Waals surface area contributed by atoms with Crippen molar-refractivity contribution in [2.75, 3.05) is 36.0 Å². The Hall–Kier alpha value is -1.88. The number of thioether (sulfide) groups is 1. The zero-order valence-corrected chi connectivity index (χ0v) is 18.8. The highest BCUT2D eigenvalue weighted by atomic mass is 32.2. The number of hydrogen-bond donors (Lipinski definition) is 1. The first-order valence-corrected chi connectivity index (χ1v) is 13.3. The number of benzene rings is 1. The molecule has 1 aromatic heterocycles. The SMILES string of the molecule is O=C(NCc1ccc(N2CCCC2=O)cc1)c1sccc1S(=O)(=O)N1CCSCC1. The molecule has 30 heavy (non-hydrogen) atoms. The molecule has 0 atom stereocenters. The van der Waals surface area contributed by atoms with Crippen LogP contribution in [-0.2, 0) is 21.4 Å². The maximum Gasteiger partial charge on any atom is 0.263 e. The lowest BCUT2D eigenvalue weighted by Gasteiger charge is -2.25. The first kappa shape index (κ1) is 21.4. The van der Waals surface area contributed by atoms with Gasteiger partial charge in [0.05, 0.1) is 0 Å². The summed E-state index contributed by atoms with van der Waals surface area (Å²) in [5.74, 6) is 1.27. The Morgan fingerprint density at radius 3 is 2.47 bits per heavy atom. The number of thiophene rings is 1. The Morgan fingerprint density at radius 2 is 1.80 bits per heavy atom. The Morgan fingerprint density at radius 1 is 1.07 bits per heavy atom. The van der Waals surface area contributed by atoms with Gasteiger partial charge in [-0.15, -0.1) is 11.3 Å². The second-order valence-corrected chi connectivity index (χ2v) is 11.2. The molecule has 0 unspecified atom stereocenters. The van der Waals surface area contributed by atoms with Gasteiger partial charge in [-0.25, -0.2) is 8.42 Å². The van der Waals surface area contributed by atoms with Crippen LogP contribution in [0.1, 0.15) is 28.1 Å². The normalized spacial score (nSPS) is 18.0. The number of nitrogens with zero attached hydrogens (tertiary/aromatic N) is 2. The first-order chi connectivity index (χ1) is 14.5. The number of carbonyl (C=O) groups is 2. The first-order valence-electron chi connectivity index (χ1n) is 9.80. The van der Waals surface area contributed by atoms with E-state index in [9.17, 15) is 18.0 Å². The van der Waals surface area contributed by atoms with Crippen molar-refractivity contribution in [2.45, 2.75) is 24.3 Å². The van der Waals surface area contributed by atoms with E-state index in [2.05, 4.69) is 5.32 Å². The van der Waals surface area contributed by atoms with Gasteiger partial charge in [0, 0.05) is 49.8 Å². The minimum atomic E-state index is -3.67. The second-order valence-electron chi connectivity index (χ2n) is 7.13. The topological polar surface area (TPSA) is 86.8 Å². The zero-order valence-electron chi connectivity index (χ0n) is 16.4. The van der Waals surface area contributed by atoms with Crippen LogP contribution in [0.5, 0.6) is 0 Å². The summed E-state index contributed by atoms with van der Waals surface area (Å²) in [5, 5.41) is 4.46. The van der Waals surface area contributed by atoms with Gasteiger partial charge >= 0.3 is 0 Å². The number of anilines is 1. The van der Waals surface area contributed by atoms with Crippen molar-refractivity contribution in [2.24, 2.45) is 0 Å². The lowest BCUT2D eigenvalue weighted by molar-refractivity contribution is -0.117. The van der Waals surface area contributed by atoms with Crippen molar-refractivity contribution in [3.8, 4) is 0 Å². The van der Waals surface area contributed by atoms with Gasteiger partial charge < -0.3 is 10.2 Å². The third-order valence-electron chi connectivity index (χ3n) is 5.20. The van der Waals surface area contributed by atoms with Crippen molar-refractivity contribution in [1.82, 2.24) is 9.62 Å². The molecule has 7 nitrogen and oxygen atoms in total. The number of rotatable bonds is 6. The molecule has 2 aliphatic heterocycles. The van der Waals surface area contributed by atoms with E-state index in [1.54, 1.807) is 22.0 Å². The van der Waals surface area contributed by atoms with Crippen LogP contribution in [0.25, 0.3) is 0 Å². The van der Waals surface area contributed by atoms with Crippen LogP contribution in [0.3, 0.4) is 0 Å². The van der Waals surface area contributed by atoms with Gasteiger partial charge in [0.25, 0.3) is 5.91 Å². The largest absolute Gasteiger partial charge is 0.347 e. The van der Waals surface area contributed by atoms with Crippen molar-refractivity contribution in [3.63, 3.8) is 0 Å². The molecule has 0 aliphatic carbocycles. The maximum atomic E-state index is 12.9. The summed E-state index contributed by atoms with van der Waals surface area (Å²) in [6, 6.07) is 9.01. The van der Waals surface area contributed by atoms with Crippen molar-refractivity contribution >= 4 is 50.6 Å². The molecule has 2 amide bonds. The standard InChI is InChI=1S/C20H23N3O4S3/c24-18-2-1-8-23(18)16-5-3-15(4-6-16)14-21-20(25)19-17(7-11-29-19)30(26,27)22-9-12-28-13-10-22/h3-7,11H,1-2,8-10,12-14H2,(H,21,25). The number of hydrogen-bond acceptors (Lipinski definition) is 6. The smallest absolute Gasteiger partial charge is 0.263 e. The summed E-state index contributed by atoms with van der Waals surface area (Å²) in [7, 11) is -3.67. The second kappa shape index (κ2) is 9.09. The van der Waals surface area contributed by atoms with Gasteiger partial charge in [0.1, 0.15) is 9.77 Å².